The average Bonchev–Trinajstić information content (AvgIpc) is 3.33. The highest BCUT2D eigenvalue weighted by molar-refractivity contribution is 7.94. The number of hydrogen-bond acceptors (Lipinski definition) is 5. The molecule has 1 heterocycles. The van der Waals surface area contributed by atoms with Crippen LogP contribution in [0.5, 0.6) is 11.5 Å². The number of carbonyl (C=O) groups excluding carboxylic acids is 1. The Morgan fingerprint density at radius 2 is 1.77 bits per heavy atom. The van der Waals surface area contributed by atoms with Crippen LogP contribution < -0.4 is 14.8 Å². The summed E-state index contributed by atoms with van der Waals surface area (Å²) in [7, 11) is -3.77. The summed E-state index contributed by atoms with van der Waals surface area (Å²) >= 11 is 5.82. The van der Waals surface area contributed by atoms with Crippen LogP contribution in [0.3, 0.4) is 0 Å². The predicted octanol–water partition coefficient (Wildman–Crippen LogP) is 2.69. The number of carbonyl (C=O) groups is 1. The molecule has 1 fully saturated rings. The van der Waals surface area contributed by atoms with Gasteiger partial charge < -0.3 is 14.8 Å². The molecule has 8 heteroatoms. The van der Waals surface area contributed by atoms with Crippen LogP contribution in [0.2, 0.25) is 5.02 Å². The van der Waals surface area contributed by atoms with Crippen molar-refractivity contribution in [1.82, 2.24) is 5.32 Å². The molecule has 136 valence electrons. The Morgan fingerprint density at radius 3 is 2.46 bits per heavy atom. The minimum absolute atomic E-state index is 0.109. The maximum absolute atomic E-state index is 12.9. The Bertz CT molecular complexity index is 968. The molecule has 0 unspecified atom stereocenters. The zero-order valence-corrected chi connectivity index (χ0v) is 15.3. The average molecular weight is 394 g/mol. The monoisotopic (exact) mass is 393 g/mol. The summed E-state index contributed by atoms with van der Waals surface area (Å²) in [6.45, 7) is 0.390. The predicted molar refractivity (Wildman–Crippen MR) is 95.0 cm³/mol. The summed E-state index contributed by atoms with van der Waals surface area (Å²) in [5, 5.41) is 3.19. The molecule has 1 aliphatic carbocycles. The van der Waals surface area contributed by atoms with Gasteiger partial charge in [-0.3, -0.25) is 4.79 Å². The Labute approximate surface area is 156 Å². The van der Waals surface area contributed by atoms with Gasteiger partial charge in [0, 0.05) is 11.6 Å². The largest absolute Gasteiger partial charge is 0.454 e. The van der Waals surface area contributed by atoms with E-state index < -0.39 is 20.5 Å². The van der Waals surface area contributed by atoms with Crippen LogP contribution in [-0.4, -0.2) is 25.9 Å². The number of nitrogens with one attached hydrogen (secondary N) is 1. The van der Waals surface area contributed by atoms with Crippen molar-refractivity contribution in [2.45, 2.75) is 29.0 Å². The number of halogens is 1. The Balaban J connectivity index is 1.49. The molecule has 0 spiro atoms. The minimum atomic E-state index is -3.77. The van der Waals surface area contributed by atoms with E-state index in [9.17, 15) is 13.2 Å². The SMILES string of the molecule is O=C(NCc1ccc2c(c1)OCO2)C1(S(=O)(=O)c2ccc(Cl)cc2)CC1. The molecule has 2 aliphatic rings. The summed E-state index contributed by atoms with van der Waals surface area (Å²) in [6.07, 6.45) is 0.621. The fourth-order valence-electron chi connectivity index (χ4n) is 2.97. The maximum atomic E-state index is 12.9. The number of sulfone groups is 1. The number of hydrogen-bond donors (Lipinski definition) is 1. The third-order valence-corrected chi connectivity index (χ3v) is 7.41. The lowest BCUT2D eigenvalue weighted by Gasteiger charge is -2.16. The summed E-state index contributed by atoms with van der Waals surface area (Å²) in [6, 6.07) is 11.2. The molecule has 0 aromatic heterocycles. The summed E-state index contributed by atoms with van der Waals surface area (Å²) < 4.78 is 34.9. The molecular formula is C18H16ClNO5S. The van der Waals surface area contributed by atoms with Crippen molar-refractivity contribution in [3.8, 4) is 11.5 Å². The molecule has 1 saturated carbocycles. The molecule has 1 amide bonds. The summed E-state index contributed by atoms with van der Waals surface area (Å²) in [5.74, 6) is 0.792. The van der Waals surface area contributed by atoms with Crippen LogP contribution in [0, 0.1) is 0 Å². The van der Waals surface area contributed by atoms with Gasteiger partial charge in [0.1, 0.15) is 0 Å². The molecule has 1 N–H and O–H groups in total. The van der Waals surface area contributed by atoms with Crippen molar-refractivity contribution in [2.75, 3.05) is 6.79 Å². The quantitative estimate of drug-likeness (QED) is 0.844. The zero-order chi connectivity index (χ0) is 18.4. The van der Waals surface area contributed by atoms with E-state index in [1.165, 1.54) is 24.3 Å². The van der Waals surface area contributed by atoms with Crippen LogP contribution >= 0.6 is 11.6 Å². The van der Waals surface area contributed by atoms with E-state index in [2.05, 4.69) is 5.32 Å². The molecule has 0 bridgehead atoms. The first-order valence-electron chi connectivity index (χ1n) is 8.09. The normalized spacial score (nSPS) is 17.0. The second-order valence-electron chi connectivity index (χ2n) is 6.32. The first kappa shape index (κ1) is 17.2. The van der Waals surface area contributed by atoms with Gasteiger partial charge in [-0.05, 0) is 54.8 Å². The second-order valence-corrected chi connectivity index (χ2v) is 9.02. The maximum Gasteiger partial charge on any atom is 0.242 e. The van der Waals surface area contributed by atoms with Crippen LogP contribution in [0.4, 0.5) is 0 Å². The zero-order valence-electron chi connectivity index (χ0n) is 13.7. The first-order valence-corrected chi connectivity index (χ1v) is 9.96. The van der Waals surface area contributed by atoms with Gasteiger partial charge in [-0.15, -0.1) is 0 Å². The summed E-state index contributed by atoms with van der Waals surface area (Å²) in [5.41, 5.74) is 0.808. The van der Waals surface area contributed by atoms with Gasteiger partial charge in [-0.1, -0.05) is 17.7 Å². The Morgan fingerprint density at radius 1 is 1.08 bits per heavy atom. The van der Waals surface area contributed by atoms with Crippen molar-refractivity contribution in [3.63, 3.8) is 0 Å². The van der Waals surface area contributed by atoms with Crippen LogP contribution in [-0.2, 0) is 21.2 Å². The molecule has 2 aromatic rings. The van der Waals surface area contributed by atoms with Gasteiger partial charge in [-0.25, -0.2) is 8.42 Å². The Hall–Kier alpha value is -2.25. The number of benzene rings is 2. The lowest BCUT2D eigenvalue weighted by Crippen LogP contribution is -2.41. The molecular weight excluding hydrogens is 378 g/mol. The number of fused-ring (bicyclic) bond motifs is 1. The number of amides is 1. The van der Waals surface area contributed by atoms with Gasteiger partial charge in [0.15, 0.2) is 26.1 Å². The lowest BCUT2D eigenvalue weighted by atomic mass is 10.2. The molecule has 0 atom stereocenters. The highest BCUT2D eigenvalue weighted by Crippen LogP contribution is 2.47. The fraction of sp³-hybridized carbons (Fsp3) is 0.278. The molecule has 6 nitrogen and oxygen atoms in total. The van der Waals surface area contributed by atoms with Gasteiger partial charge in [0.05, 0.1) is 4.90 Å². The third-order valence-electron chi connectivity index (χ3n) is 4.65. The molecule has 2 aromatic carbocycles. The van der Waals surface area contributed by atoms with Gasteiger partial charge in [0.25, 0.3) is 0 Å². The van der Waals surface area contributed by atoms with E-state index in [1.54, 1.807) is 18.2 Å². The summed E-state index contributed by atoms with van der Waals surface area (Å²) in [4.78, 5) is 12.8. The standard InChI is InChI=1S/C18H16ClNO5S/c19-13-2-4-14(5-3-13)26(22,23)18(7-8-18)17(21)20-10-12-1-6-15-16(9-12)25-11-24-15/h1-6,9H,7-8,10-11H2,(H,20,21). The van der Waals surface area contributed by atoms with Gasteiger partial charge in [-0.2, -0.15) is 0 Å². The molecule has 26 heavy (non-hydrogen) atoms. The lowest BCUT2D eigenvalue weighted by molar-refractivity contribution is -0.121. The molecule has 4 rings (SSSR count). The van der Waals surface area contributed by atoms with Crippen LogP contribution in [0.25, 0.3) is 0 Å². The van der Waals surface area contributed by atoms with Crippen molar-refractivity contribution in [3.05, 3.63) is 53.1 Å². The van der Waals surface area contributed by atoms with E-state index in [0.29, 0.717) is 29.4 Å². The van der Waals surface area contributed by atoms with E-state index in [-0.39, 0.29) is 18.2 Å². The van der Waals surface area contributed by atoms with Crippen LogP contribution in [0.1, 0.15) is 18.4 Å². The number of rotatable bonds is 5. The van der Waals surface area contributed by atoms with Gasteiger partial charge >= 0.3 is 0 Å². The topological polar surface area (TPSA) is 81.7 Å². The highest BCUT2D eigenvalue weighted by atomic mass is 35.5. The van der Waals surface area contributed by atoms with E-state index >= 15 is 0 Å². The third kappa shape index (κ3) is 2.81. The van der Waals surface area contributed by atoms with Gasteiger partial charge in [0.2, 0.25) is 12.7 Å². The first-order chi connectivity index (χ1) is 12.4. The van der Waals surface area contributed by atoms with Crippen molar-refractivity contribution >= 4 is 27.3 Å². The van der Waals surface area contributed by atoms with Crippen molar-refractivity contribution in [1.29, 1.82) is 0 Å². The smallest absolute Gasteiger partial charge is 0.242 e. The highest BCUT2D eigenvalue weighted by Gasteiger charge is 2.61. The van der Waals surface area contributed by atoms with Crippen molar-refractivity contribution in [2.24, 2.45) is 0 Å². The van der Waals surface area contributed by atoms with E-state index in [0.717, 1.165) is 5.56 Å². The Kier molecular flexibility index (Phi) is 4.08. The molecule has 0 radical (unpaired) electrons. The van der Waals surface area contributed by atoms with E-state index in [1.807, 2.05) is 0 Å². The second kappa shape index (κ2) is 6.17. The van der Waals surface area contributed by atoms with Crippen molar-refractivity contribution < 1.29 is 22.7 Å². The van der Waals surface area contributed by atoms with Crippen LogP contribution in [0.15, 0.2) is 47.4 Å². The molecule has 1 aliphatic heterocycles. The van der Waals surface area contributed by atoms with E-state index in [4.69, 9.17) is 21.1 Å². The fourth-order valence-corrected chi connectivity index (χ4v) is 4.99. The minimum Gasteiger partial charge on any atom is -0.454 e. The molecule has 0 saturated heterocycles. The number of ether oxygens (including phenoxy) is 2.